The van der Waals surface area contributed by atoms with Crippen molar-refractivity contribution in [1.29, 1.82) is 0 Å². The summed E-state index contributed by atoms with van der Waals surface area (Å²) < 4.78 is 0. The highest BCUT2D eigenvalue weighted by molar-refractivity contribution is 5.78. The van der Waals surface area contributed by atoms with Gasteiger partial charge in [-0.3, -0.25) is 4.79 Å². The molecule has 0 aromatic heterocycles. The average Bonchev–Trinajstić information content (AvgIpc) is 2.67. The lowest BCUT2D eigenvalue weighted by atomic mass is 10.0. The van der Waals surface area contributed by atoms with Crippen LogP contribution in [0.25, 0.3) is 0 Å². The van der Waals surface area contributed by atoms with Crippen molar-refractivity contribution in [2.24, 2.45) is 11.7 Å². The van der Waals surface area contributed by atoms with E-state index < -0.39 is 0 Å². The first kappa shape index (κ1) is 8.72. The second-order valence-corrected chi connectivity index (χ2v) is 3.49. The molecule has 0 bridgehead atoms. The van der Waals surface area contributed by atoms with Gasteiger partial charge in [-0.05, 0) is 25.2 Å². The fourth-order valence-corrected chi connectivity index (χ4v) is 1.33. The van der Waals surface area contributed by atoms with E-state index in [4.69, 9.17) is 5.73 Å². The summed E-state index contributed by atoms with van der Waals surface area (Å²) in [5.74, 6) is 1.00. The Morgan fingerprint density at radius 2 is 2.27 bits per heavy atom. The van der Waals surface area contributed by atoms with Crippen molar-refractivity contribution in [3.05, 3.63) is 0 Å². The molecule has 1 aliphatic carbocycles. The van der Waals surface area contributed by atoms with E-state index in [0.29, 0.717) is 24.5 Å². The van der Waals surface area contributed by atoms with Crippen LogP contribution >= 0.6 is 0 Å². The molecule has 1 rings (SSSR count). The van der Waals surface area contributed by atoms with Crippen LogP contribution in [-0.2, 0) is 4.79 Å². The van der Waals surface area contributed by atoms with Gasteiger partial charge in [-0.15, -0.1) is 0 Å². The quantitative estimate of drug-likeness (QED) is 0.653. The van der Waals surface area contributed by atoms with Crippen molar-refractivity contribution in [2.75, 3.05) is 0 Å². The largest absolute Gasteiger partial charge is 0.327 e. The van der Waals surface area contributed by atoms with Crippen LogP contribution in [0.2, 0.25) is 0 Å². The minimum atomic E-state index is 0.161. The summed E-state index contributed by atoms with van der Waals surface area (Å²) in [4.78, 5) is 11.1. The smallest absolute Gasteiger partial charge is 0.134 e. The van der Waals surface area contributed by atoms with Gasteiger partial charge in [-0.25, -0.2) is 0 Å². The molecule has 0 aromatic carbocycles. The summed E-state index contributed by atoms with van der Waals surface area (Å²) in [6.45, 7) is 2.03. The van der Waals surface area contributed by atoms with Crippen molar-refractivity contribution >= 4 is 5.78 Å². The van der Waals surface area contributed by atoms with Gasteiger partial charge in [0.2, 0.25) is 0 Å². The molecule has 0 heterocycles. The van der Waals surface area contributed by atoms with Crippen LogP contribution in [-0.4, -0.2) is 11.8 Å². The van der Waals surface area contributed by atoms with Crippen LogP contribution in [0.5, 0.6) is 0 Å². The fourth-order valence-electron chi connectivity index (χ4n) is 1.33. The summed E-state index contributed by atoms with van der Waals surface area (Å²) in [5.41, 5.74) is 5.79. The SMILES string of the molecule is CCCC(=O)CC(N)C1CC1. The van der Waals surface area contributed by atoms with E-state index in [2.05, 4.69) is 0 Å². The van der Waals surface area contributed by atoms with Crippen molar-refractivity contribution in [3.63, 3.8) is 0 Å². The van der Waals surface area contributed by atoms with E-state index in [-0.39, 0.29) is 6.04 Å². The third-order valence-electron chi connectivity index (χ3n) is 2.22. The van der Waals surface area contributed by atoms with Gasteiger partial charge >= 0.3 is 0 Å². The number of hydrogen-bond donors (Lipinski definition) is 1. The molecule has 11 heavy (non-hydrogen) atoms. The summed E-state index contributed by atoms with van der Waals surface area (Å²) in [6, 6.07) is 0.161. The first-order chi connectivity index (χ1) is 5.24. The van der Waals surface area contributed by atoms with E-state index in [9.17, 15) is 4.79 Å². The molecule has 1 unspecified atom stereocenters. The molecular formula is C9H17NO. The number of rotatable bonds is 5. The Labute approximate surface area is 68.2 Å². The molecule has 1 fully saturated rings. The number of carbonyl (C=O) groups excluding carboxylic acids is 1. The molecular weight excluding hydrogens is 138 g/mol. The fraction of sp³-hybridized carbons (Fsp3) is 0.889. The van der Waals surface area contributed by atoms with Gasteiger partial charge in [0.1, 0.15) is 5.78 Å². The normalized spacial score (nSPS) is 19.8. The maximum Gasteiger partial charge on any atom is 0.134 e. The van der Waals surface area contributed by atoms with Crippen LogP contribution in [0, 0.1) is 5.92 Å². The van der Waals surface area contributed by atoms with E-state index in [1.165, 1.54) is 12.8 Å². The zero-order valence-electron chi connectivity index (χ0n) is 7.18. The summed E-state index contributed by atoms with van der Waals surface area (Å²) >= 11 is 0. The standard InChI is InChI=1S/C9H17NO/c1-2-3-8(11)6-9(10)7-4-5-7/h7,9H,2-6,10H2,1H3. The highest BCUT2D eigenvalue weighted by Crippen LogP contribution is 2.32. The molecule has 1 saturated carbocycles. The molecule has 64 valence electrons. The Hall–Kier alpha value is -0.370. The lowest BCUT2D eigenvalue weighted by Gasteiger charge is -2.07. The Balaban J connectivity index is 2.12. The molecule has 0 radical (unpaired) electrons. The number of hydrogen-bond acceptors (Lipinski definition) is 2. The van der Waals surface area contributed by atoms with Crippen molar-refractivity contribution in [2.45, 2.75) is 45.1 Å². The van der Waals surface area contributed by atoms with Gasteiger partial charge in [0.05, 0.1) is 0 Å². The van der Waals surface area contributed by atoms with Gasteiger partial charge in [0.15, 0.2) is 0 Å². The molecule has 0 aliphatic heterocycles. The van der Waals surface area contributed by atoms with Crippen LogP contribution in [0.3, 0.4) is 0 Å². The monoisotopic (exact) mass is 155 g/mol. The molecule has 2 N–H and O–H groups in total. The predicted molar refractivity (Wildman–Crippen MR) is 45.2 cm³/mol. The Morgan fingerprint density at radius 3 is 2.73 bits per heavy atom. The molecule has 2 nitrogen and oxygen atoms in total. The van der Waals surface area contributed by atoms with Crippen molar-refractivity contribution in [3.8, 4) is 0 Å². The summed E-state index contributed by atoms with van der Waals surface area (Å²) in [5, 5.41) is 0. The predicted octanol–water partition coefficient (Wildman–Crippen LogP) is 1.48. The third kappa shape index (κ3) is 3.02. The number of nitrogens with two attached hydrogens (primary N) is 1. The first-order valence-electron chi connectivity index (χ1n) is 4.51. The van der Waals surface area contributed by atoms with Crippen molar-refractivity contribution < 1.29 is 4.79 Å². The zero-order chi connectivity index (χ0) is 8.27. The van der Waals surface area contributed by atoms with Crippen molar-refractivity contribution in [1.82, 2.24) is 0 Å². The van der Waals surface area contributed by atoms with Crippen LogP contribution in [0.15, 0.2) is 0 Å². The average molecular weight is 155 g/mol. The van der Waals surface area contributed by atoms with Crippen LogP contribution < -0.4 is 5.73 Å². The molecule has 0 amide bonds. The van der Waals surface area contributed by atoms with Gasteiger partial charge in [-0.2, -0.15) is 0 Å². The molecule has 0 saturated heterocycles. The van der Waals surface area contributed by atoms with Crippen LogP contribution in [0.4, 0.5) is 0 Å². The minimum absolute atomic E-state index is 0.161. The molecule has 0 spiro atoms. The Kier molecular flexibility index (Phi) is 3.06. The third-order valence-corrected chi connectivity index (χ3v) is 2.22. The topological polar surface area (TPSA) is 43.1 Å². The van der Waals surface area contributed by atoms with Crippen LogP contribution in [0.1, 0.15) is 39.0 Å². The van der Waals surface area contributed by atoms with E-state index in [1.54, 1.807) is 0 Å². The van der Waals surface area contributed by atoms with Gasteiger partial charge in [0, 0.05) is 18.9 Å². The highest BCUT2D eigenvalue weighted by atomic mass is 16.1. The van der Waals surface area contributed by atoms with Gasteiger partial charge in [-0.1, -0.05) is 6.92 Å². The van der Waals surface area contributed by atoms with E-state index >= 15 is 0 Å². The number of ketones is 1. The second-order valence-electron chi connectivity index (χ2n) is 3.49. The number of carbonyl (C=O) groups is 1. The minimum Gasteiger partial charge on any atom is -0.327 e. The van der Waals surface area contributed by atoms with E-state index in [0.717, 1.165) is 6.42 Å². The molecule has 2 heteroatoms. The molecule has 1 atom stereocenters. The number of Topliss-reactive ketones (excluding diaryl/α,β-unsaturated/α-hetero) is 1. The maximum absolute atomic E-state index is 11.1. The Bertz CT molecular complexity index is 140. The van der Waals surface area contributed by atoms with Gasteiger partial charge < -0.3 is 5.73 Å². The molecule has 0 aromatic rings. The molecule has 1 aliphatic rings. The highest BCUT2D eigenvalue weighted by Gasteiger charge is 2.29. The first-order valence-corrected chi connectivity index (χ1v) is 4.51. The zero-order valence-corrected chi connectivity index (χ0v) is 7.18. The van der Waals surface area contributed by atoms with Gasteiger partial charge in [0.25, 0.3) is 0 Å². The second kappa shape index (κ2) is 3.86. The lowest BCUT2D eigenvalue weighted by Crippen LogP contribution is -2.25. The van der Waals surface area contributed by atoms with E-state index in [1.807, 2.05) is 6.92 Å². The summed E-state index contributed by atoms with van der Waals surface area (Å²) in [7, 11) is 0. The Morgan fingerprint density at radius 1 is 1.64 bits per heavy atom. The summed E-state index contributed by atoms with van der Waals surface area (Å²) in [6.07, 6.45) is 4.75. The lowest BCUT2D eigenvalue weighted by molar-refractivity contribution is -0.119. The maximum atomic E-state index is 11.1.